The topological polar surface area (TPSA) is 93.7 Å². The molecule has 0 unspecified atom stereocenters. The third-order valence-corrected chi connectivity index (χ3v) is 7.07. The van der Waals surface area contributed by atoms with E-state index in [-0.39, 0.29) is 29.7 Å². The van der Waals surface area contributed by atoms with Gasteiger partial charge in [-0.2, -0.15) is 0 Å². The monoisotopic (exact) mass is 450 g/mol. The van der Waals surface area contributed by atoms with Crippen LogP contribution in [0.4, 0.5) is 5.69 Å². The van der Waals surface area contributed by atoms with Gasteiger partial charge >= 0.3 is 0 Å². The van der Waals surface area contributed by atoms with E-state index in [0.717, 1.165) is 24.8 Å². The summed E-state index contributed by atoms with van der Waals surface area (Å²) >= 11 is 0. The van der Waals surface area contributed by atoms with E-state index in [9.17, 15) is 13.2 Å². The molecule has 0 radical (unpaired) electrons. The largest absolute Gasteiger partial charge is 0.454 e. The molecule has 1 aliphatic heterocycles. The van der Waals surface area contributed by atoms with E-state index in [4.69, 9.17) is 9.47 Å². The number of fused-ring (bicyclic) bond motifs is 2. The number of benzene rings is 3. The Hall–Kier alpha value is -3.36. The van der Waals surface area contributed by atoms with E-state index < -0.39 is 10.0 Å². The molecule has 2 aliphatic rings. The minimum Gasteiger partial charge on any atom is -0.454 e. The molecule has 32 heavy (non-hydrogen) atoms. The van der Waals surface area contributed by atoms with E-state index in [1.807, 2.05) is 18.2 Å². The first-order chi connectivity index (χ1) is 15.5. The zero-order valence-corrected chi connectivity index (χ0v) is 18.1. The lowest BCUT2D eigenvalue weighted by molar-refractivity contribution is 0.102. The summed E-state index contributed by atoms with van der Waals surface area (Å²) in [5.74, 6) is 0.876. The van der Waals surface area contributed by atoms with Crippen LogP contribution in [0.25, 0.3) is 0 Å². The van der Waals surface area contributed by atoms with Gasteiger partial charge in [0.25, 0.3) is 5.91 Å². The van der Waals surface area contributed by atoms with Crippen molar-refractivity contribution in [3.63, 3.8) is 0 Å². The van der Waals surface area contributed by atoms with Gasteiger partial charge in [0.15, 0.2) is 11.5 Å². The number of nitrogens with one attached hydrogen (secondary N) is 2. The van der Waals surface area contributed by atoms with Gasteiger partial charge in [-0.25, -0.2) is 13.1 Å². The molecule has 0 spiro atoms. The fourth-order valence-corrected chi connectivity index (χ4v) is 5.03. The first-order valence-corrected chi connectivity index (χ1v) is 11.9. The van der Waals surface area contributed by atoms with Crippen molar-refractivity contribution >= 4 is 21.6 Å². The van der Waals surface area contributed by atoms with Crippen LogP contribution in [0.15, 0.2) is 65.6 Å². The van der Waals surface area contributed by atoms with E-state index in [1.54, 1.807) is 30.3 Å². The van der Waals surface area contributed by atoms with Crippen molar-refractivity contribution in [3.05, 3.63) is 82.9 Å². The van der Waals surface area contributed by atoms with Gasteiger partial charge in [0.2, 0.25) is 16.8 Å². The number of sulfonamides is 1. The second-order valence-corrected chi connectivity index (χ2v) is 9.60. The minimum absolute atomic E-state index is 0.0276. The first kappa shape index (κ1) is 20.5. The Kier molecular flexibility index (Phi) is 5.32. The Bertz CT molecular complexity index is 1300. The van der Waals surface area contributed by atoms with Crippen LogP contribution in [0.3, 0.4) is 0 Å². The molecular weight excluding hydrogens is 428 g/mol. The number of ether oxygens (including phenoxy) is 2. The standard InChI is InChI=1S/C24H22N2O5S/c27-24(26-20-9-8-17-3-1-4-18(17)12-20)19-5-2-6-21(13-19)32(28,29)25-14-16-7-10-22-23(11-16)31-15-30-22/h2,5-13,25H,1,3-4,14-15H2,(H,26,27). The van der Waals surface area contributed by atoms with Crippen molar-refractivity contribution in [1.29, 1.82) is 0 Å². The van der Waals surface area contributed by atoms with Gasteiger partial charge < -0.3 is 14.8 Å². The highest BCUT2D eigenvalue weighted by Crippen LogP contribution is 2.32. The molecular formula is C24H22N2O5S. The summed E-state index contributed by atoms with van der Waals surface area (Å²) in [5, 5.41) is 2.87. The molecule has 2 N–H and O–H groups in total. The Morgan fingerprint density at radius 3 is 2.66 bits per heavy atom. The van der Waals surface area contributed by atoms with Crippen molar-refractivity contribution in [2.45, 2.75) is 30.7 Å². The fourth-order valence-electron chi connectivity index (χ4n) is 3.97. The second kappa shape index (κ2) is 8.29. The van der Waals surface area contributed by atoms with Gasteiger partial charge in [-0.15, -0.1) is 0 Å². The maximum Gasteiger partial charge on any atom is 0.255 e. The predicted octanol–water partition coefficient (Wildman–Crippen LogP) is 3.63. The summed E-state index contributed by atoms with van der Waals surface area (Å²) in [4.78, 5) is 12.8. The zero-order valence-electron chi connectivity index (χ0n) is 17.3. The molecule has 0 atom stereocenters. The number of anilines is 1. The van der Waals surface area contributed by atoms with E-state index in [1.165, 1.54) is 23.3 Å². The van der Waals surface area contributed by atoms with Crippen molar-refractivity contribution in [2.75, 3.05) is 12.1 Å². The highest BCUT2D eigenvalue weighted by atomic mass is 32.2. The van der Waals surface area contributed by atoms with E-state index in [2.05, 4.69) is 10.0 Å². The molecule has 1 amide bonds. The molecule has 3 aromatic carbocycles. The van der Waals surface area contributed by atoms with Crippen LogP contribution in [0.5, 0.6) is 11.5 Å². The van der Waals surface area contributed by atoms with Gasteiger partial charge in [0.1, 0.15) is 0 Å². The number of hydrogen-bond acceptors (Lipinski definition) is 5. The maximum absolute atomic E-state index is 12.8. The van der Waals surface area contributed by atoms with Crippen molar-refractivity contribution in [3.8, 4) is 11.5 Å². The van der Waals surface area contributed by atoms with E-state index in [0.29, 0.717) is 17.2 Å². The number of carbonyl (C=O) groups excluding carboxylic acids is 1. The van der Waals surface area contributed by atoms with Crippen LogP contribution < -0.4 is 19.5 Å². The Labute approximate surface area is 186 Å². The lowest BCUT2D eigenvalue weighted by Gasteiger charge is -2.10. The van der Waals surface area contributed by atoms with Crippen molar-refractivity contribution in [2.24, 2.45) is 0 Å². The Morgan fingerprint density at radius 1 is 0.906 bits per heavy atom. The zero-order chi connectivity index (χ0) is 22.1. The third-order valence-electron chi connectivity index (χ3n) is 5.67. The molecule has 1 heterocycles. The van der Waals surface area contributed by atoms with Gasteiger partial charge in [-0.05, 0) is 78.4 Å². The highest BCUT2D eigenvalue weighted by Gasteiger charge is 2.19. The van der Waals surface area contributed by atoms with Crippen LogP contribution in [0.1, 0.15) is 33.5 Å². The van der Waals surface area contributed by atoms with Crippen LogP contribution in [-0.4, -0.2) is 21.1 Å². The maximum atomic E-state index is 12.8. The first-order valence-electron chi connectivity index (χ1n) is 10.4. The molecule has 0 aromatic heterocycles. The SMILES string of the molecule is O=C(Nc1ccc2c(c1)CCC2)c1cccc(S(=O)(=O)NCc2ccc3c(c2)OCO3)c1. The number of carbonyl (C=O) groups is 1. The molecule has 164 valence electrons. The number of aryl methyl sites for hydroxylation is 2. The second-order valence-electron chi connectivity index (χ2n) is 7.83. The fraction of sp³-hybridized carbons (Fsp3) is 0.208. The molecule has 1 aliphatic carbocycles. The number of rotatable bonds is 6. The summed E-state index contributed by atoms with van der Waals surface area (Å²) < 4.78 is 38.8. The van der Waals surface area contributed by atoms with Crippen LogP contribution in [0.2, 0.25) is 0 Å². The molecule has 0 saturated heterocycles. The van der Waals surface area contributed by atoms with Crippen molar-refractivity contribution < 1.29 is 22.7 Å². The lowest BCUT2D eigenvalue weighted by atomic mass is 10.1. The van der Waals surface area contributed by atoms with Crippen LogP contribution >= 0.6 is 0 Å². The number of hydrogen-bond donors (Lipinski definition) is 2. The smallest absolute Gasteiger partial charge is 0.255 e. The molecule has 0 fully saturated rings. The normalized spacial score (nSPS) is 14.2. The average Bonchev–Trinajstić information content (AvgIpc) is 3.46. The molecule has 5 rings (SSSR count). The Morgan fingerprint density at radius 2 is 1.75 bits per heavy atom. The number of amides is 1. The molecule has 8 heteroatoms. The molecule has 0 bridgehead atoms. The average molecular weight is 451 g/mol. The van der Waals surface area contributed by atoms with Gasteiger partial charge in [-0.3, -0.25) is 4.79 Å². The van der Waals surface area contributed by atoms with Gasteiger partial charge in [-0.1, -0.05) is 18.2 Å². The predicted molar refractivity (Wildman–Crippen MR) is 119 cm³/mol. The minimum atomic E-state index is -3.81. The van der Waals surface area contributed by atoms with Crippen LogP contribution in [0, 0.1) is 0 Å². The van der Waals surface area contributed by atoms with Gasteiger partial charge in [0.05, 0.1) is 4.90 Å². The lowest BCUT2D eigenvalue weighted by Crippen LogP contribution is -2.23. The summed E-state index contributed by atoms with van der Waals surface area (Å²) in [6.07, 6.45) is 3.22. The Balaban J connectivity index is 1.28. The third kappa shape index (κ3) is 4.19. The molecule has 0 saturated carbocycles. The van der Waals surface area contributed by atoms with Crippen LogP contribution in [-0.2, 0) is 29.4 Å². The summed E-state index contributed by atoms with van der Waals surface area (Å²) in [7, 11) is -3.81. The molecule has 3 aromatic rings. The van der Waals surface area contributed by atoms with Crippen molar-refractivity contribution in [1.82, 2.24) is 4.72 Å². The molecule has 7 nitrogen and oxygen atoms in total. The highest BCUT2D eigenvalue weighted by molar-refractivity contribution is 7.89. The van der Waals surface area contributed by atoms with E-state index >= 15 is 0 Å². The summed E-state index contributed by atoms with van der Waals surface area (Å²) in [6.45, 7) is 0.245. The quantitative estimate of drug-likeness (QED) is 0.598. The van der Waals surface area contributed by atoms with Gasteiger partial charge in [0, 0.05) is 17.8 Å². The summed E-state index contributed by atoms with van der Waals surface area (Å²) in [6, 6.07) is 17.2. The summed E-state index contributed by atoms with van der Waals surface area (Å²) in [5.41, 5.74) is 4.31.